The Balaban J connectivity index is 2.23. The van der Waals surface area contributed by atoms with Gasteiger partial charge in [0, 0.05) is 0 Å². The Morgan fingerprint density at radius 3 is 2.58 bits per heavy atom. The molecule has 1 fully saturated rings. The zero-order valence-electron chi connectivity index (χ0n) is 10.5. The molecule has 1 saturated carbocycles. The van der Waals surface area contributed by atoms with Crippen molar-refractivity contribution in [3.8, 4) is 0 Å². The van der Waals surface area contributed by atoms with E-state index in [1.807, 2.05) is 0 Å². The summed E-state index contributed by atoms with van der Waals surface area (Å²) >= 11 is 0.874. The minimum atomic E-state index is -3.52. The van der Waals surface area contributed by atoms with Gasteiger partial charge in [-0.25, -0.2) is 13.2 Å². The van der Waals surface area contributed by atoms with E-state index < -0.39 is 21.2 Å². The molecule has 19 heavy (non-hydrogen) atoms. The molecule has 2 N–H and O–H groups in total. The standard InChI is InChI=1S/C11H16N2O4S2/c1-7-9(11(14)15)10(18-12-7)13-19(16,17)8-5-3-2-4-6-8/h8,13H,2-6H2,1H3,(H,14,15). The number of hydrogen-bond donors (Lipinski definition) is 2. The summed E-state index contributed by atoms with van der Waals surface area (Å²) in [7, 11) is -3.52. The molecule has 0 spiro atoms. The molecule has 0 saturated heterocycles. The highest BCUT2D eigenvalue weighted by Gasteiger charge is 2.29. The fourth-order valence-corrected chi connectivity index (χ4v) is 4.90. The van der Waals surface area contributed by atoms with Gasteiger partial charge in [-0.15, -0.1) is 0 Å². The van der Waals surface area contributed by atoms with E-state index in [9.17, 15) is 13.2 Å². The highest BCUT2D eigenvalue weighted by atomic mass is 32.2. The van der Waals surface area contributed by atoms with E-state index >= 15 is 0 Å². The van der Waals surface area contributed by atoms with Crippen LogP contribution >= 0.6 is 11.5 Å². The molecule has 2 rings (SSSR count). The smallest absolute Gasteiger partial charge is 0.340 e. The summed E-state index contributed by atoms with van der Waals surface area (Å²) in [6.45, 7) is 1.55. The van der Waals surface area contributed by atoms with Crippen molar-refractivity contribution >= 4 is 32.5 Å². The van der Waals surface area contributed by atoms with Crippen molar-refractivity contribution in [2.45, 2.75) is 44.3 Å². The summed E-state index contributed by atoms with van der Waals surface area (Å²) in [5.41, 5.74) is 0.281. The van der Waals surface area contributed by atoms with Gasteiger partial charge in [0.05, 0.1) is 10.9 Å². The number of nitrogens with zero attached hydrogens (tertiary/aromatic N) is 1. The van der Waals surface area contributed by atoms with E-state index in [4.69, 9.17) is 5.11 Å². The first-order valence-electron chi connectivity index (χ1n) is 6.13. The van der Waals surface area contributed by atoms with Crippen LogP contribution in [0.1, 0.15) is 48.2 Å². The van der Waals surface area contributed by atoms with Crippen LogP contribution in [-0.4, -0.2) is 29.1 Å². The minimum absolute atomic E-state index is 0.0515. The van der Waals surface area contributed by atoms with Gasteiger partial charge in [-0.05, 0) is 31.3 Å². The predicted octanol–water partition coefficient (Wildman–Crippen LogP) is 2.22. The van der Waals surface area contributed by atoms with Crippen LogP contribution in [-0.2, 0) is 10.0 Å². The molecule has 8 heteroatoms. The first-order valence-corrected chi connectivity index (χ1v) is 8.45. The quantitative estimate of drug-likeness (QED) is 0.889. The molecule has 6 nitrogen and oxygen atoms in total. The number of aryl methyl sites for hydroxylation is 1. The topological polar surface area (TPSA) is 96.4 Å². The molecule has 0 amide bonds. The largest absolute Gasteiger partial charge is 0.478 e. The maximum absolute atomic E-state index is 12.2. The Hall–Kier alpha value is -1.15. The number of carboxylic acids is 1. The lowest BCUT2D eigenvalue weighted by Crippen LogP contribution is -2.29. The summed E-state index contributed by atoms with van der Waals surface area (Å²) < 4.78 is 30.7. The van der Waals surface area contributed by atoms with Gasteiger partial charge in [0.1, 0.15) is 10.6 Å². The van der Waals surface area contributed by atoms with Crippen LogP contribution in [0.5, 0.6) is 0 Å². The van der Waals surface area contributed by atoms with Crippen LogP contribution in [0.4, 0.5) is 5.00 Å². The Kier molecular flexibility index (Phi) is 4.10. The van der Waals surface area contributed by atoms with Gasteiger partial charge in [0.15, 0.2) is 0 Å². The van der Waals surface area contributed by atoms with Crippen molar-refractivity contribution in [2.24, 2.45) is 0 Å². The summed E-state index contributed by atoms with van der Waals surface area (Å²) in [5.74, 6) is -1.16. The van der Waals surface area contributed by atoms with Crippen LogP contribution in [0.2, 0.25) is 0 Å². The lowest BCUT2D eigenvalue weighted by Gasteiger charge is -2.21. The molecule has 1 aromatic rings. The number of carbonyl (C=O) groups is 1. The minimum Gasteiger partial charge on any atom is -0.478 e. The van der Waals surface area contributed by atoms with E-state index in [1.54, 1.807) is 6.92 Å². The highest BCUT2D eigenvalue weighted by Crippen LogP contribution is 2.29. The fraction of sp³-hybridized carbons (Fsp3) is 0.636. The molecule has 0 atom stereocenters. The van der Waals surface area contributed by atoms with Crippen molar-refractivity contribution < 1.29 is 18.3 Å². The van der Waals surface area contributed by atoms with Crippen molar-refractivity contribution in [1.29, 1.82) is 0 Å². The number of hydrogen-bond acceptors (Lipinski definition) is 5. The Bertz CT molecular complexity index is 574. The molecular formula is C11H16N2O4S2. The Morgan fingerprint density at radius 2 is 2.00 bits per heavy atom. The summed E-state index contributed by atoms with van der Waals surface area (Å²) in [6, 6.07) is 0. The zero-order valence-corrected chi connectivity index (χ0v) is 12.2. The molecule has 1 heterocycles. The molecule has 1 aliphatic rings. The molecule has 1 aromatic heterocycles. The second kappa shape index (κ2) is 5.46. The average molecular weight is 304 g/mol. The number of carboxylic acid groups (broad SMARTS) is 1. The van der Waals surface area contributed by atoms with Crippen LogP contribution in [0.3, 0.4) is 0 Å². The SMILES string of the molecule is Cc1nsc(NS(=O)(=O)C2CCCCC2)c1C(=O)O. The van der Waals surface area contributed by atoms with Gasteiger partial charge in [0.25, 0.3) is 0 Å². The van der Waals surface area contributed by atoms with Crippen LogP contribution in [0.25, 0.3) is 0 Å². The maximum Gasteiger partial charge on any atom is 0.340 e. The summed E-state index contributed by atoms with van der Waals surface area (Å²) in [6.07, 6.45) is 4.13. The third-order valence-electron chi connectivity index (χ3n) is 3.30. The van der Waals surface area contributed by atoms with Crippen LogP contribution in [0, 0.1) is 6.92 Å². The number of rotatable bonds is 4. The van der Waals surface area contributed by atoms with Gasteiger partial charge in [0.2, 0.25) is 10.0 Å². The predicted molar refractivity (Wildman–Crippen MR) is 73.2 cm³/mol. The van der Waals surface area contributed by atoms with E-state index in [0.29, 0.717) is 18.5 Å². The van der Waals surface area contributed by atoms with Gasteiger partial charge in [-0.1, -0.05) is 19.3 Å². The first-order chi connectivity index (χ1) is 8.92. The van der Waals surface area contributed by atoms with Crippen LogP contribution in [0.15, 0.2) is 0 Å². The van der Waals surface area contributed by atoms with E-state index in [-0.39, 0.29) is 10.6 Å². The zero-order chi connectivity index (χ0) is 14.0. The van der Waals surface area contributed by atoms with E-state index in [1.165, 1.54) is 0 Å². The molecule has 0 bridgehead atoms. The van der Waals surface area contributed by atoms with Crippen LogP contribution < -0.4 is 4.72 Å². The molecule has 0 unspecified atom stereocenters. The monoisotopic (exact) mass is 304 g/mol. The normalized spacial score (nSPS) is 17.3. The maximum atomic E-state index is 12.2. The first kappa shape index (κ1) is 14.3. The van der Waals surface area contributed by atoms with Gasteiger partial charge >= 0.3 is 5.97 Å². The molecular weight excluding hydrogens is 288 g/mol. The molecule has 0 aromatic carbocycles. The second-order valence-electron chi connectivity index (χ2n) is 4.68. The van der Waals surface area contributed by atoms with Crippen molar-refractivity contribution in [2.75, 3.05) is 4.72 Å². The number of sulfonamides is 1. The third kappa shape index (κ3) is 3.06. The second-order valence-corrected chi connectivity index (χ2v) is 7.42. The Labute approximate surface area is 116 Å². The molecule has 0 aliphatic heterocycles. The van der Waals surface area contributed by atoms with Gasteiger partial charge in [-0.3, -0.25) is 4.72 Å². The molecule has 1 aliphatic carbocycles. The van der Waals surface area contributed by atoms with Crippen molar-refractivity contribution in [3.05, 3.63) is 11.3 Å². The molecule has 0 radical (unpaired) electrons. The summed E-state index contributed by atoms with van der Waals surface area (Å²) in [4.78, 5) is 11.1. The van der Waals surface area contributed by atoms with E-state index in [0.717, 1.165) is 30.8 Å². The lowest BCUT2D eigenvalue weighted by atomic mass is 10.0. The average Bonchev–Trinajstić information content (AvgIpc) is 2.71. The lowest BCUT2D eigenvalue weighted by molar-refractivity contribution is 0.0697. The van der Waals surface area contributed by atoms with Crippen molar-refractivity contribution in [3.63, 3.8) is 0 Å². The summed E-state index contributed by atoms with van der Waals surface area (Å²) in [5, 5.41) is 8.76. The number of aromatic carboxylic acids is 1. The van der Waals surface area contributed by atoms with Crippen molar-refractivity contribution in [1.82, 2.24) is 4.37 Å². The fourth-order valence-electron chi connectivity index (χ4n) is 2.28. The number of aromatic nitrogens is 1. The number of nitrogens with one attached hydrogen (secondary N) is 1. The van der Waals surface area contributed by atoms with Gasteiger partial charge < -0.3 is 5.11 Å². The van der Waals surface area contributed by atoms with Gasteiger partial charge in [-0.2, -0.15) is 4.37 Å². The Morgan fingerprint density at radius 1 is 1.37 bits per heavy atom. The number of anilines is 1. The third-order valence-corrected chi connectivity index (χ3v) is 6.12. The van der Waals surface area contributed by atoms with E-state index in [2.05, 4.69) is 9.10 Å². The highest BCUT2D eigenvalue weighted by molar-refractivity contribution is 7.93. The molecule has 106 valence electrons.